The standard InChI is InChI=1S/C5HBr2N3/c6-4-3(1-8)9-2-10-5(4)7/h2H. The van der Waals surface area contributed by atoms with E-state index in [1.807, 2.05) is 6.07 Å². The van der Waals surface area contributed by atoms with E-state index in [1.165, 1.54) is 6.33 Å². The van der Waals surface area contributed by atoms with E-state index in [-0.39, 0.29) is 0 Å². The van der Waals surface area contributed by atoms with E-state index < -0.39 is 0 Å². The summed E-state index contributed by atoms with van der Waals surface area (Å²) in [5.41, 5.74) is 0.335. The highest BCUT2D eigenvalue weighted by atomic mass is 79.9. The van der Waals surface area contributed by atoms with Crippen LogP contribution >= 0.6 is 31.9 Å². The van der Waals surface area contributed by atoms with Crippen molar-refractivity contribution in [1.82, 2.24) is 9.97 Å². The largest absolute Gasteiger partial charge is 0.228 e. The number of hydrogen-bond donors (Lipinski definition) is 0. The van der Waals surface area contributed by atoms with Crippen molar-refractivity contribution in [1.29, 1.82) is 5.26 Å². The predicted molar refractivity (Wildman–Crippen MR) is 42.1 cm³/mol. The molecule has 1 rings (SSSR count). The van der Waals surface area contributed by atoms with Gasteiger partial charge < -0.3 is 0 Å². The normalized spacial score (nSPS) is 8.90. The molecule has 5 heteroatoms. The fourth-order valence-electron chi connectivity index (χ4n) is 0.426. The average Bonchev–Trinajstić information content (AvgIpc) is 1.95. The smallest absolute Gasteiger partial charge is 0.159 e. The van der Waals surface area contributed by atoms with Gasteiger partial charge in [-0.2, -0.15) is 5.26 Å². The zero-order valence-corrected chi connectivity index (χ0v) is 7.85. The third-order valence-corrected chi connectivity index (χ3v) is 2.74. The van der Waals surface area contributed by atoms with Crippen LogP contribution in [0.4, 0.5) is 0 Å². The highest BCUT2D eigenvalue weighted by Gasteiger charge is 2.03. The Morgan fingerprint density at radius 3 is 2.60 bits per heavy atom. The lowest BCUT2D eigenvalue weighted by molar-refractivity contribution is 1.09. The Morgan fingerprint density at radius 1 is 1.40 bits per heavy atom. The van der Waals surface area contributed by atoms with Gasteiger partial charge in [0.25, 0.3) is 0 Å². The molecule has 0 aromatic carbocycles. The molecule has 0 atom stereocenters. The molecule has 0 saturated carbocycles. The van der Waals surface area contributed by atoms with Gasteiger partial charge in [-0.3, -0.25) is 0 Å². The van der Waals surface area contributed by atoms with Gasteiger partial charge in [-0.15, -0.1) is 0 Å². The molecule has 0 saturated heterocycles. The SMILES string of the molecule is N#Cc1ncnc(Br)c1Br. The van der Waals surface area contributed by atoms with Gasteiger partial charge in [0.1, 0.15) is 17.0 Å². The van der Waals surface area contributed by atoms with Crippen molar-refractivity contribution in [2.45, 2.75) is 0 Å². The maximum Gasteiger partial charge on any atom is 0.159 e. The van der Waals surface area contributed by atoms with E-state index in [1.54, 1.807) is 0 Å². The summed E-state index contributed by atoms with van der Waals surface area (Å²) in [4.78, 5) is 7.50. The van der Waals surface area contributed by atoms with Crippen LogP contribution in [0.25, 0.3) is 0 Å². The molecule has 0 amide bonds. The van der Waals surface area contributed by atoms with Crippen LogP contribution in [-0.2, 0) is 0 Å². The molecule has 0 aliphatic carbocycles. The Morgan fingerprint density at radius 2 is 2.10 bits per heavy atom. The Kier molecular flexibility index (Phi) is 2.35. The van der Waals surface area contributed by atoms with Crippen LogP contribution in [0.5, 0.6) is 0 Å². The van der Waals surface area contributed by atoms with Gasteiger partial charge in [0, 0.05) is 0 Å². The molecule has 1 aromatic rings. The van der Waals surface area contributed by atoms with Crippen molar-refractivity contribution in [3.05, 3.63) is 21.1 Å². The molecular formula is C5HBr2N3. The lowest BCUT2D eigenvalue weighted by atomic mass is 10.4. The van der Waals surface area contributed by atoms with Gasteiger partial charge in [-0.1, -0.05) is 0 Å². The van der Waals surface area contributed by atoms with Crippen molar-refractivity contribution in [3.8, 4) is 6.07 Å². The minimum absolute atomic E-state index is 0.335. The van der Waals surface area contributed by atoms with Gasteiger partial charge in [0.2, 0.25) is 0 Å². The fourth-order valence-corrected chi connectivity index (χ4v) is 0.999. The number of halogens is 2. The molecule has 1 aromatic heterocycles. The number of rotatable bonds is 0. The number of nitrogens with zero attached hydrogens (tertiary/aromatic N) is 3. The van der Waals surface area contributed by atoms with Gasteiger partial charge in [0.05, 0.1) is 4.47 Å². The van der Waals surface area contributed by atoms with Gasteiger partial charge in [-0.05, 0) is 31.9 Å². The molecule has 0 fully saturated rings. The molecule has 10 heavy (non-hydrogen) atoms. The van der Waals surface area contributed by atoms with E-state index >= 15 is 0 Å². The summed E-state index contributed by atoms with van der Waals surface area (Å²) < 4.78 is 1.19. The lowest BCUT2D eigenvalue weighted by Gasteiger charge is -1.93. The minimum atomic E-state index is 0.335. The van der Waals surface area contributed by atoms with Gasteiger partial charge in [-0.25, -0.2) is 9.97 Å². The Hall–Kier alpha value is -0.470. The van der Waals surface area contributed by atoms with Crippen molar-refractivity contribution in [3.63, 3.8) is 0 Å². The Labute approximate surface area is 74.4 Å². The molecule has 3 nitrogen and oxygen atoms in total. The summed E-state index contributed by atoms with van der Waals surface area (Å²) >= 11 is 6.28. The third kappa shape index (κ3) is 1.33. The molecule has 1 heterocycles. The maximum atomic E-state index is 8.45. The highest BCUT2D eigenvalue weighted by molar-refractivity contribution is 9.13. The van der Waals surface area contributed by atoms with E-state index in [0.29, 0.717) is 14.8 Å². The first kappa shape index (κ1) is 7.63. The van der Waals surface area contributed by atoms with Crippen LogP contribution in [0.15, 0.2) is 15.4 Å². The van der Waals surface area contributed by atoms with Crippen LogP contribution in [0, 0.1) is 11.3 Å². The van der Waals surface area contributed by atoms with Crippen molar-refractivity contribution < 1.29 is 0 Å². The maximum absolute atomic E-state index is 8.45. The topological polar surface area (TPSA) is 49.6 Å². The number of nitriles is 1. The van der Waals surface area contributed by atoms with Crippen LogP contribution in [0.3, 0.4) is 0 Å². The Bertz CT molecular complexity index is 291. The van der Waals surface area contributed by atoms with Crippen LogP contribution < -0.4 is 0 Å². The van der Waals surface area contributed by atoms with Crippen molar-refractivity contribution >= 4 is 31.9 Å². The van der Waals surface area contributed by atoms with Crippen LogP contribution in [0.2, 0.25) is 0 Å². The average molecular weight is 263 g/mol. The van der Waals surface area contributed by atoms with Crippen molar-refractivity contribution in [2.75, 3.05) is 0 Å². The molecule has 0 radical (unpaired) electrons. The summed E-state index contributed by atoms with van der Waals surface area (Å²) in [6.45, 7) is 0. The van der Waals surface area contributed by atoms with Gasteiger partial charge >= 0.3 is 0 Å². The quantitative estimate of drug-likeness (QED) is 0.671. The second-order valence-corrected chi connectivity index (χ2v) is 2.98. The molecule has 0 unspecified atom stereocenters. The lowest BCUT2D eigenvalue weighted by Crippen LogP contribution is -1.87. The third-order valence-electron chi connectivity index (χ3n) is 0.853. The highest BCUT2D eigenvalue weighted by Crippen LogP contribution is 2.21. The zero-order chi connectivity index (χ0) is 7.56. The summed E-state index contributed by atoms with van der Waals surface area (Å²) in [7, 11) is 0. The van der Waals surface area contributed by atoms with Crippen LogP contribution in [0.1, 0.15) is 5.69 Å². The molecular weight excluding hydrogens is 262 g/mol. The fraction of sp³-hybridized carbons (Fsp3) is 0. The minimum Gasteiger partial charge on any atom is -0.228 e. The summed E-state index contributed by atoms with van der Waals surface area (Å²) in [5.74, 6) is 0. The summed E-state index contributed by atoms with van der Waals surface area (Å²) in [5, 5.41) is 8.45. The molecule has 0 aliphatic rings. The second-order valence-electron chi connectivity index (χ2n) is 1.44. The first-order valence-electron chi connectivity index (χ1n) is 2.32. The first-order valence-corrected chi connectivity index (χ1v) is 3.90. The predicted octanol–water partition coefficient (Wildman–Crippen LogP) is 1.87. The molecule has 50 valence electrons. The molecule has 0 aliphatic heterocycles. The second kappa shape index (κ2) is 3.08. The summed E-state index contributed by atoms with van der Waals surface area (Å²) in [6, 6.07) is 1.91. The van der Waals surface area contributed by atoms with Crippen LogP contribution in [-0.4, -0.2) is 9.97 Å². The van der Waals surface area contributed by atoms with Crippen molar-refractivity contribution in [2.24, 2.45) is 0 Å². The van der Waals surface area contributed by atoms with E-state index in [0.717, 1.165) is 0 Å². The van der Waals surface area contributed by atoms with E-state index in [4.69, 9.17) is 5.26 Å². The van der Waals surface area contributed by atoms with E-state index in [9.17, 15) is 0 Å². The Balaban J connectivity index is 3.31. The number of aromatic nitrogens is 2. The van der Waals surface area contributed by atoms with Gasteiger partial charge in [0.15, 0.2) is 5.69 Å². The number of hydrogen-bond acceptors (Lipinski definition) is 3. The summed E-state index contributed by atoms with van der Waals surface area (Å²) in [6.07, 6.45) is 1.33. The zero-order valence-electron chi connectivity index (χ0n) is 4.67. The molecule has 0 bridgehead atoms. The van der Waals surface area contributed by atoms with E-state index in [2.05, 4.69) is 41.8 Å². The molecule has 0 N–H and O–H groups in total. The monoisotopic (exact) mass is 261 g/mol. The first-order chi connectivity index (χ1) is 4.75. The molecule has 0 spiro atoms.